The van der Waals surface area contributed by atoms with Crippen molar-refractivity contribution in [3.05, 3.63) is 65.0 Å². The Balaban J connectivity index is 2.45. The lowest BCUT2D eigenvalue weighted by molar-refractivity contribution is -0.140. The number of benzene rings is 2. The third-order valence-corrected chi connectivity index (χ3v) is 6.39. The first-order valence-corrected chi connectivity index (χ1v) is 12.8. The summed E-state index contributed by atoms with van der Waals surface area (Å²) in [5.41, 5.74) is 1.70. The van der Waals surface area contributed by atoms with E-state index in [0.717, 1.165) is 16.1 Å². The second-order valence-corrected chi connectivity index (χ2v) is 11.5. The summed E-state index contributed by atoms with van der Waals surface area (Å²) in [6.07, 6.45) is 1.02. The number of anilines is 1. The zero-order valence-corrected chi connectivity index (χ0v) is 21.7. The summed E-state index contributed by atoms with van der Waals surface area (Å²) in [6, 6.07) is 10.3. The van der Waals surface area contributed by atoms with Gasteiger partial charge in [-0.1, -0.05) is 35.9 Å². The Bertz CT molecular complexity index is 1160. The van der Waals surface area contributed by atoms with Gasteiger partial charge in [-0.05, 0) is 59.2 Å². The number of amides is 2. The summed E-state index contributed by atoms with van der Waals surface area (Å²) < 4.78 is 40.7. The quantitative estimate of drug-likeness (QED) is 0.612. The van der Waals surface area contributed by atoms with Gasteiger partial charge in [0.05, 0.1) is 11.9 Å². The maximum Gasteiger partial charge on any atom is 0.244 e. The van der Waals surface area contributed by atoms with Crippen molar-refractivity contribution in [3.63, 3.8) is 0 Å². The topological polar surface area (TPSA) is 86.8 Å². The van der Waals surface area contributed by atoms with E-state index >= 15 is 0 Å². The molecule has 0 radical (unpaired) electrons. The van der Waals surface area contributed by atoms with Crippen LogP contribution in [0.5, 0.6) is 0 Å². The van der Waals surface area contributed by atoms with Gasteiger partial charge >= 0.3 is 0 Å². The van der Waals surface area contributed by atoms with Gasteiger partial charge in [0.15, 0.2) is 0 Å². The lowest BCUT2D eigenvalue weighted by atomic mass is 10.1. The van der Waals surface area contributed by atoms with Crippen LogP contribution < -0.4 is 9.62 Å². The van der Waals surface area contributed by atoms with Crippen molar-refractivity contribution in [2.45, 2.75) is 59.7 Å². The van der Waals surface area contributed by atoms with Gasteiger partial charge in [-0.25, -0.2) is 12.8 Å². The van der Waals surface area contributed by atoms with Crippen molar-refractivity contribution in [1.29, 1.82) is 0 Å². The molecule has 0 aliphatic heterocycles. The zero-order chi connectivity index (χ0) is 25.8. The second-order valence-electron chi connectivity index (χ2n) is 9.59. The molecule has 0 aliphatic rings. The van der Waals surface area contributed by atoms with E-state index in [1.807, 2.05) is 33.8 Å². The van der Waals surface area contributed by atoms with Crippen LogP contribution >= 0.6 is 0 Å². The van der Waals surface area contributed by atoms with Crippen LogP contribution in [0, 0.1) is 19.7 Å². The number of sulfonamides is 1. The molecule has 2 rings (SSSR count). The highest BCUT2D eigenvalue weighted by atomic mass is 32.2. The molecule has 0 unspecified atom stereocenters. The fourth-order valence-corrected chi connectivity index (χ4v) is 4.45. The van der Waals surface area contributed by atoms with E-state index in [1.54, 1.807) is 32.0 Å². The molecule has 1 N–H and O–H groups in total. The molecule has 34 heavy (non-hydrogen) atoms. The Morgan fingerprint density at radius 1 is 1.09 bits per heavy atom. The van der Waals surface area contributed by atoms with E-state index in [1.165, 1.54) is 23.1 Å². The van der Waals surface area contributed by atoms with Crippen molar-refractivity contribution in [2.24, 2.45) is 0 Å². The number of halogens is 1. The van der Waals surface area contributed by atoms with Crippen molar-refractivity contribution >= 4 is 27.5 Å². The van der Waals surface area contributed by atoms with Gasteiger partial charge in [0.1, 0.15) is 18.4 Å². The number of carbonyl (C=O) groups is 2. The predicted octanol–water partition coefficient (Wildman–Crippen LogP) is 3.54. The SMILES string of the molecule is Cc1ccc(N(CC(=O)N(Cc2ccccc2F)[C@@H](C)C(=O)NC(C)(C)C)S(C)(=O)=O)c(C)c1. The van der Waals surface area contributed by atoms with Crippen molar-refractivity contribution in [1.82, 2.24) is 10.2 Å². The number of aryl methyl sites for hydroxylation is 2. The van der Waals surface area contributed by atoms with E-state index in [9.17, 15) is 22.4 Å². The average Bonchev–Trinajstić information content (AvgIpc) is 2.69. The van der Waals surface area contributed by atoms with Gasteiger partial charge in [-0.2, -0.15) is 0 Å². The van der Waals surface area contributed by atoms with Crippen LogP contribution in [0.1, 0.15) is 44.4 Å². The van der Waals surface area contributed by atoms with Crippen LogP contribution in [-0.4, -0.2) is 49.5 Å². The number of hydrogen-bond acceptors (Lipinski definition) is 4. The van der Waals surface area contributed by atoms with Gasteiger partial charge in [0, 0.05) is 17.6 Å². The molecule has 7 nitrogen and oxygen atoms in total. The molecule has 0 aliphatic carbocycles. The van der Waals surface area contributed by atoms with Crippen LogP contribution in [0.3, 0.4) is 0 Å². The molecule has 0 heterocycles. The van der Waals surface area contributed by atoms with E-state index < -0.39 is 45.8 Å². The molecule has 2 amide bonds. The Morgan fingerprint density at radius 2 is 1.71 bits per heavy atom. The number of rotatable bonds is 8. The fraction of sp³-hybridized carbons (Fsp3) is 0.440. The molecule has 0 spiro atoms. The highest BCUT2D eigenvalue weighted by molar-refractivity contribution is 7.92. The van der Waals surface area contributed by atoms with E-state index in [2.05, 4.69) is 5.32 Å². The molecule has 0 aromatic heterocycles. The predicted molar refractivity (Wildman–Crippen MR) is 132 cm³/mol. The molecule has 186 valence electrons. The van der Waals surface area contributed by atoms with Crippen molar-refractivity contribution in [3.8, 4) is 0 Å². The summed E-state index contributed by atoms with van der Waals surface area (Å²) >= 11 is 0. The third kappa shape index (κ3) is 7.28. The average molecular weight is 492 g/mol. The maximum atomic E-state index is 14.4. The van der Waals surface area contributed by atoms with Gasteiger partial charge in [0.25, 0.3) is 0 Å². The van der Waals surface area contributed by atoms with Crippen LogP contribution in [0.25, 0.3) is 0 Å². The van der Waals surface area contributed by atoms with Gasteiger partial charge in [0.2, 0.25) is 21.8 Å². The Kier molecular flexibility index (Phi) is 8.47. The van der Waals surface area contributed by atoms with Crippen LogP contribution in [0.4, 0.5) is 10.1 Å². The molecular formula is C25H34FN3O4S. The van der Waals surface area contributed by atoms with Crippen LogP contribution in [-0.2, 0) is 26.2 Å². The Morgan fingerprint density at radius 3 is 2.24 bits per heavy atom. The van der Waals surface area contributed by atoms with Gasteiger partial charge < -0.3 is 10.2 Å². The normalized spacial score (nSPS) is 12.7. The largest absolute Gasteiger partial charge is 0.350 e. The molecule has 0 fully saturated rings. The number of hydrogen-bond donors (Lipinski definition) is 1. The number of carbonyl (C=O) groups excluding carboxylic acids is 2. The van der Waals surface area contributed by atoms with Gasteiger partial charge in [-0.15, -0.1) is 0 Å². The van der Waals surface area contributed by atoms with E-state index in [4.69, 9.17) is 0 Å². The minimum atomic E-state index is -3.83. The molecule has 2 aromatic rings. The molecule has 2 aromatic carbocycles. The summed E-state index contributed by atoms with van der Waals surface area (Å²) in [7, 11) is -3.83. The summed E-state index contributed by atoms with van der Waals surface area (Å²) in [4.78, 5) is 27.6. The van der Waals surface area contributed by atoms with Crippen LogP contribution in [0.2, 0.25) is 0 Å². The molecule has 0 bridgehead atoms. The molecule has 1 atom stereocenters. The molecule has 9 heteroatoms. The molecule has 0 saturated carbocycles. The summed E-state index contributed by atoms with van der Waals surface area (Å²) in [6.45, 7) is 9.92. The standard InChI is InChI=1S/C25H34FN3O4S/c1-17-12-13-22(18(2)14-17)29(34(7,32)33)16-23(30)28(15-20-10-8-9-11-21(20)26)19(3)24(31)27-25(4,5)6/h8-14,19H,15-16H2,1-7H3,(H,27,31)/t19-/m0/s1. The second kappa shape index (κ2) is 10.5. The fourth-order valence-electron chi connectivity index (χ4n) is 3.55. The highest BCUT2D eigenvalue weighted by Gasteiger charge is 2.32. The highest BCUT2D eigenvalue weighted by Crippen LogP contribution is 2.24. The first kappa shape index (κ1) is 27.3. The van der Waals surface area contributed by atoms with Crippen molar-refractivity contribution < 1.29 is 22.4 Å². The third-order valence-electron chi connectivity index (χ3n) is 5.26. The van der Waals surface area contributed by atoms with E-state index in [0.29, 0.717) is 11.3 Å². The summed E-state index contributed by atoms with van der Waals surface area (Å²) in [5.74, 6) is -1.56. The summed E-state index contributed by atoms with van der Waals surface area (Å²) in [5, 5.41) is 2.83. The lowest BCUT2D eigenvalue weighted by Gasteiger charge is -2.33. The first-order valence-electron chi connectivity index (χ1n) is 11.0. The zero-order valence-electron chi connectivity index (χ0n) is 20.8. The first-order chi connectivity index (χ1) is 15.6. The Hall–Kier alpha value is -2.94. The monoisotopic (exact) mass is 491 g/mol. The minimum absolute atomic E-state index is 0.186. The van der Waals surface area contributed by atoms with E-state index in [-0.39, 0.29) is 12.1 Å². The smallest absolute Gasteiger partial charge is 0.244 e. The van der Waals surface area contributed by atoms with Crippen LogP contribution in [0.15, 0.2) is 42.5 Å². The maximum absolute atomic E-state index is 14.4. The lowest BCUT2D eigenvalue weighted by Crippen LogP contribution is -2.54. The number of nitrogens with zero attached hydrogens (tertiary/aromatic N) is 2. The number of nitrogens with one attached hydrogen (secondary N) is 1. The Labute approximate surface area is 202 Å². The molecule has 0 saturated heterocycles. The minimum Gasteiger partial charge on any atom is -0.350 e. The van der Waals surface area contributed by atoms with Crippen molar-refractivity contribution in [2.75, 3.05) is 17.1 Å². The molecular weight excluding hydrogens is 457 g/mol. The van der Waals surface area contributed by atoms with Gasteiger partial charge in [-0.3, -0.25) is 13.9 Å².